The van der Waals surface area contributed by atoms with Crippen LogP contribution in [0.4, 0.5) is 0 Å². The molecule has 0 saturated heterocycles. The Kier molecular flexibility index (Phi) is 5.18. The van der Waals surface area contributed by atoms with Crippen LogP contribution < -0.4 is 5.73 Å². The van der Waals surface area contributed by atoms with E-state index in [9.17, 15) is 0 Å². The van der Waals surface area contributed by atoms with Crippen molar-refractivity contribution in [2.45, 2.75) is 4.90 Å². The molecule has 21 heavy (non-hydrogen) atoms. The van der Waals surface area contributed by atoms with E-state index < -0.39 is 0 Å². The maximum Gasteiger partial charge on any atom is 0.156 e. The summed E-state index contributed by atoms with van der Waals surface area (Å²) in [4.78, 5) is 4.36. The monoisotopic (exact) mass is 429 g/mol. The van der Waals surface area contributed by atoms with Crippen LogP contribution in [0.3, 0.4) is 0 Å². The van der Waals surface area contributed by atoms with E-state index in [1.807, 2.05) is 48.5 Å². The third kappa shape index (κ3) is 3.36. The molecule has 3 rings (SSSR count). The second-order valence-electron chi connectivity index (χ2n) is 4.35. The van der Waals surface area contributed by atoms with Gasteiger partial charge < -0.3 is 10.7 Å². The van der Waals surface area contributed by atoms with E-state index in [1.165, 1.54) is 11.8 Å². The summed E-state index contributed by atoms with van der Waals surface area (Å²) in [6.45, 7) is 0. The van der Waals surface area contributed by atoms with Crippen molar-refractivity contribution in [2.24, 2.45) is 5.73 Å². The van der Waals surface area contributed by atoms with Gasteiger partial charge in [0.15, 0.2) is 5.17 Å². The van der Waals surface area contributed by atoms with E-state index in [0.717, 1.165) is 27.1 Å². The van der Waals surface area contributed by atoms with Gasteiger partial charge in [0.2, 0.25) is 0 Å². The van der Waals surface area contributed by atoms with Crippen LogP contribution in [0.25, 0.3) is 22.2 Å². The van der Waals surface area contributed by atoms with Crippen LogP contribution in [0.1, 0.15) is 0 Å². The number of thioether (sulfide) groups is 1. The lowest BCUT2D eigenvalue weighted by Gasteiger charge is -2.04. The summed E-state index contributed by atoms with van der Waals surface area (Å²) in [5.41, 5.74) is 8.57. The lowest BCUT2D eigenvalue weighted by Crippen LogP contribution is -2.03. The zero-order chi connectivity index (χ0) is 14.1. The van der Waals surface area contributed by atoms with Gasteiger partial charge in [-0.15, -0.1) is 24.0 Å². The maximum atomic E-state index is 7.54. The van der Waals surface area contributed by atoms with Gasteiger partial charge in [0, 0.05) is 20.8 Å². The first-order chi connectivity index (χ1) is 9.65. The van der Waals surface area contributed by atoms with Gasteiger partial charge in [-0.3, -0.25) is 5.41 Å². The molecule has 0 unspecified atom stereocenters. The Labute approximate surface area is 148 Å². The molecule has 0 saturated carbocycles. The standard InChI is InChI=1S/C15H12ClN3S.HI/c16-10-7-5-9(6-8-10)13-14(20-15(17)18)11-3-1-2-4-12(11)19-13;/h1-8,19H,(H3,17,18);1H. The zero-order valence-corrected chi connectivity index (χ0v) is 14.8. The molecule has 0 fully saturated rings. The predicted octanol–water partition coefficient (Wildman–Crippen LogP) is 5.09. The van der Waals surface area contributed by atoms with Crippen molar-refractivity contribution in [3.8, 4) is 11.3 Å². The fraction of sp³-hybridized carbons (Fsp3) is 0. The summed E-state index contributed by atoms with van der Waals surface area (Å²) < 4.78 is 0. The molecule has 3 nitrogen and oxygen atoms in total. The van der Waals surface area contributed by atoms with Crippen LogP contribution in [0.2, 0.25) is 5.02 Å². The third-order valence-electron chi connectivity index (χ3n) is 3.00. The Balaban J connectivity index is 0.00000161. The Morgan fingerprint density at radius 2 is 1.76 bits per heavy atom. The first-order valence-electron chi connectivity index (χ1n) is 6.03. The first kappa shape index (κ1) is 16.2. The Bertz CT molecular complexity index is 783. The molecule has 2 aromatic carbocycles. The van der Waals surface area contributed by atoms with E-state index in [1.54, 1.807) is 0 Å². The van der Waals surface area contributed by atoms with Crippen molar-refractivity contribution in [2.75, 3.05) is 0 Å². The van der Waals surface area contributed by atoms with Gasteiger partial charge in [-0.05, 0) is 23.8 Å². The summed E-state index contributed by atoms with van der Waals surface area (Å²) in [5, 5.41) is 9.39. The highest BCUT2D eigenvalue weighted by Crippen LogP contribution is 2.37. The number of amidine groups is 1. The fourth-order valence-corrected chi connectivity index (χ4v) is 3.06. The summed E-state index contributed by atoms with van der Waals surface area (Å²) in [7, 11) is 0. The Morgan fingerprint density at radius 1 is 1.10 bits per heavy atom. The molecule has 1 aromatic heterocycles. The van der Waals surface area contributed by atoms with Gasteiger partial charge in [0.25, 0.3) is 0 Å². The number of fused-ring (bicyclic) bond motifs is 1. The van der Waals surface area contributed by atoms with Crippen LogP contribution in [0.15, 0.2) is 53.4 Å². The van der Waals surface area contributed by atoms with Crippen molar-refractivity contribution < 1.29 is 0 Å². The van der Waals surface area contributed by atoms with Crippen molar-refractivity contribution >= 4 is 63.4 Å². The summed E-state index contributed by atoms with van der Waals surface area (Å²) in [6, 6.07) is 15.6. The average molecular weight is 430 g/mol. The van der Waals surface area contributed by atoms with Gasteiger partial charge >= 0.3 is 0 Å². The van der Waals surface area contributed by atoms with Gasteiger partial charge in [0.05, 0.1) is 5.69 Å². The molecule has 108 valence electrons. The van der Waals surface area contributed by atoms with E-state index in [0.29, 0.717) is 5.02 Å². The number of rotatable bonds is 2. The molecule has 1 heterocycles. The van der Waals surface area contributed by atoms with Gasteiger partial charge in [-0.25, -0.2) is 0 Å². The number of H-pyrrole nitrogens is 1. The molecule has 0 amide bonds. The predicted molar refractivity (Wildman–Crippen MR) is 102 cm³/mol. The van der Waals surface area contributed by atoms with Crippen LogP contribution in [-0.2, 0) is 0 Å². The number of hydrogen-bond donors (Lipinski definition) is 3. The third-order valence-corrected chi connectivity index (χ3v) is 4.10. The molecule has 0 bridgehead atoms. The molecule has 0 atom stereocenters. The summed E-state index contributed by atoms with van der Waals surface area (Å²) >= 11 is 7.19. The SMILES string of the molecule is I.N=C(N)Sc1c(-c2ccc(Cl)cc2)[nH]c2ccccc12. The van der Waals surface area contributed by atoms with Gasteiger partial charge in [-0.1, -0.05) is 53.7 Å². The van der Waals surface area contributed by atoms with Crippen molar-refractivity contribution in [1.82, 2.24) is 4.98 Å². The number of aromatic nitrogens is 1. The molecule has 3 aromatic rings. The fourth-order valence-electron chi connectivity index (χ4n) is 2.15. The minimum Gasteiger partial charge on any atom is -0.378 e. The second-order valence-corrected chi connectivity index (χ2v) is 5.84. The van der Waals surface area contributed by atoms with Crippen molar-refractivity contribution in [1.29, 1.82) is 5.41 Å². The summed E-state index contributed by atoms with van der Waals surface area (Å²) in [6.07, 6.45) is 0. The van der Waals surface area contributed by atoms with E-state index in [2.05, 4.69) is 4.98 Å². The molecular weight excluding hydrogens is 417 g/mol. The second kappa shape index (κ2) is 6.72. The van der Waals surface area contributed by atoms with Crippen LogP contribution >= 0.6 is 47.3 Å². The molecule has 0 aliphatic rings. The maximum absolute atomic E-state index is 7.54. The first-order valence-corrected chi connectivity index (χ1v) is 7.23. The molecule has 0 aliphatic carbocycles. The lowest BCUT2D eigenvalue weighted by atomic mass is 10.1. The number of halogens is 2. The number of nitrogens with two attached hydrogens (primary N) is 1. The highest BCUT2D eigenvalue weighted by atomic mass is 127. The van der Waals surface area contributed by atoms with Crippen molar-refractivity contribution in [3.63, 3.8) is 0 Å². The Morgan fingerprint density at radius 3 is 2.43 bits per heavy atom. The number of benzene rings is 2. The normalized spacial score (nSPS) is 10.3. The molecule has 0 aliphatic heterocycles. The molecule has 0 radical (unpaired) electrons. The quantitative estimate of drug-likeness (QED) is 0.230. The molecular formula is C15H13ClIN3S. The minimum atomic E-state index is 0. The molecule has 6 heteroatoms. The number of nitrogens with one attached hydrogen (secondary N) is 2. The molecule has 4 N–H and O–H groups in total. The number of aromatic amines is 1. The van der Waals surface area contributed by atoms with E-state index in [4.69, 9.17) is 22.7 Å². The van der Waals surface area contributed by atoms with E-state index >= 15 is 0 Å². The average Bonchev–Trinajstić information content (AvgIpc) is 2.78. The topological polar surface area (TPSA) is 65.7 Å². The number of para-hydroxylation sites is 1. The zero-order valence-electron chi connectivity index (χ0n) is 10.9. The largest absolute Gasteiger partial charge is 0.378 e. The van der Waals surface area contributed by atoms with E-state index in [-0.39, 0.29) is 29.1 Å². The summed E-state index contributed by atoms with van der Waals surface area (Å²) in [5.74, 6) is 0. The Hall–Kier alpha value is -1.18. The van der Waals surface area contributed by atoms with Gasteiger partial charge in [-0.2, -0.15) is 0 Å². The minimum absolute atomic E-state index is 0. The van der Waals surface area contributed by atoms with Crippen LogP contribution in [0, 0.1) is 5.41 Å². The molecule has 0 spiro atoms. The highest BCUT2D eigenvalue weighted by molar-refractivity contribution is 14.0. The van der Waals surface area contributed by atoms with Crippen LogP contribution in [0.5, 0.6) is 0 Å². The smallest absolute Gasteiger partial charge is 0.156 e. The number of hydrogen-bond acceptors (Lipinski definition) is 2. The highest BCUT2D eigenvalue weighted by Gasteiger charge is 2.14. The van der Waals surface area contributed by atoms with Gasteiger partial charge in [0.1, 0.15) is 0 Å². The lowest BCUT2D eigenvalue weighted by molar-refractivity contribution is 1.40. The van der Waals surface area contributed by atoms with Crippen molar-refractivity contribution in [3.05, 3.63) is 53.6 Å². The van der Waals surface area contributed by atoms with Crippen LogP contribution in [-0.4, -0.2) is 10.2 Å².